The first-order valence-corrected chi connectivity index (χ1v) is 11.3. The number of carbonyl (C=O) groups is 1. The number of nitrogens with one attached hydrogen (secondary N) is 1. The molecule has 0 atom stereocenters. The van der Waals surface area contributed by atoms with Crippen molar-refractivity contribution in [2.75, 3.05) is 17.7 Å². The lowest BCUT2D eigenvalue weighted by Crippen LogP contribution is -2.14. The van der Waals surface area contributed by atoms with E-state index in [0.717, 1.165) is 16.9 Å². The Balaban J connectivity index is 1.60. The van der Waals surface area contributed by atoms with E-state index in [0.29, 0.717) is 34.5 Å². The SMILES string of the molecule is CCOc1ccc(C=Nn2c(N)c(C(=O)Nc3cccc(C)c3)c3nc4ccccc4nc32)cc1. The average Bonchev–Trinajstić information content (AvgIpc) is 3.12. The fourth-order valence-electron chi connectivity index (χ4n) is 3.85. The van der Waals surface area contributed by atoms with E-state index in [-0.39, 0.29) is 17.3 Å². The van der Waals surface area contributed by atoms with Gasteiger partial charge in [-0.1, -0.05) is 24.3 Å². The van der Waals surface area contributed by atoms with Crippen molar-refractivity contribution in [2.45, 2.75) is 13.8 Å². The van der Waals surface area contributed by atoms with Gasteiger partial charge in [-0.2, -0.15) is 9.78 Å². The molecule has 5 rings (SSSR count). The number of para-hydroxylation sites is 2. The molecule has 0 saturated carbocycles. The van der Waals surface area contributed by atoms with Crippen molar-refractivity contribution in [3.63, 3.8) is 0 Å². The number of benzene rings is 3. The number of anilines is 2. The first kappa shape index (κ1) is 22.1. The van der Waals surface area contributed by atoms with Crippen molar-refractivity contribution in [2.24, 2.45) is 5.10 Å². The summed E-state index contributed by atoms with van der Waals surface area (Å²) in [7, 11) is 0. The minimum absolute atomic E-state index is 0.155. The quantitative estimate of drug-likeness (QED) is 0.344. The highest BCUT2D eigenvalue weighted by atomic mass is 16.5. The van der Waals surface area contributed by atoms with Crippen molar-refractivity contribution < 1.29 is 9.53 Å². The van der Waals surface area contributed by atoms with Crippen LogP contribution in [-0.4, -0.2) is 33.4 Å². The fourth-order valence-corrected chi connectivity index (χ4v) is 3.85. The van der Waals surface area contributed by atoms with Crippen molar-refractivity contribution in [3.8, 4) is 5.75 Å². The molecule has 0 radical (unpaired) electrons. The summed E-state index contributed by atoms with van der Waals surface area (Å²) in [5.74, 6) is 0.559. The third-order valence-electron chi connectivity index (χ3n) is 5.49. The summed E-state index contributed by atoms with van der Waals surface area (Å²) in [6.45, 7) is 4.50. The van der Waals surface area contributed by atoms with Gasteiger partial charge in [0.1, 0.15) is 22.6 Å². The van der Waals surface area contributed by atoms with Crippen LogP contribution >= 0.6 is 0 Å². The van der Waals surface area contributed by atoms with Crippen molar-refractivity contribution in [1.82, 2.24) is 14.6 Å². The normalized spacial score (nSPS) is 11.4. The number of aryl methyl sites for hydroxylation is 1. The van der Waals surface area contributed by atoms with Gasteiger partial charge in [-0.05, 0) is 73.5 Å². The minimum Gasteiger partial charge on any atom is -0.494 e. The second-order valence-corrected chi connectivity index (χ2v) is 8.03. The lowest BCUT2D eigenvalue weighted by atomic mass is 10.2. The molecule has 8 heteroatoms. The predicted molar refractivity (Wildman–Crippen MR) is 139 cm³/mol. The molecular weight excluding hydrogens is 440 g/mol. The van der Waals surface area contributed by atoms with E-state index < -0.39 is 0 Å². The van der Waals surface area contributed by atoms with Gasteiger partial charge in [-0.3, -0.25) is 4.79 Å². The highest BCUT2D eigenvalue weighted by molar-refractivity contribution is 6.16. The number of hydrogen-bond acceptors (Lipinski definition) is 6. The van der Waals surface area contributed by atoms with Crippen LogP contribution in [0.5, 0.6) is 5.75 Å². The molecular formula is C27H24N6O2. The van der Waals surface area contributed by atoms with Crippen LogP contribution < -0.4 is 15.8 Å². The molecule has 0 saturated heterocycles. The Morgan fingerprint density at radius 1 is 1.06 bits per heavy atom. The standard InChI is InChI=1S/C27H24N6O2/c1-3-35-20-13-11-18(12-14-20)16-29-33-25(28)23(27(34)30-19-8-6-7-17(2)15-19)24-26(33)32-22-10-5-4-9-21(22)31-24/h4-16H,3,28H2,1-2H3,(H,30,34). The fraction of sp³-hybridized carbons (Fsp3) is 0.111. The van der Waals surface area contributed by atoms with Gasteiger partial charge in [-0.25, -0.2) is 9.97 Å². The Morgan fingerprint density at radius 3 is 2.51 bits per heavy atom. The number of fused-ring (bicyclic) bond motifs is 2. The molecule has 3 aromatic carbocycles. The van der Waals surface area contributed by atoms with Gasteiger partial charge in [0.25, 0.3) is 5.91 Å². The zero-order chi connectivity index (χ0) is 24.4. The van der Waals surface area contributed by atoms with Crippen LogP contribution in [0.2, 0.25) is 0 Å². The highest BCUT2D eigenvalue weighted by Crippen LogP contribution is 2.29. The molecule has 0 bridgehead atoms. The third-order valence-corrected chi connectivity index (χ3v) is 5.49. The number of carbonyl (C=O) groups excluding carboxylic acids is 1. The van der Waals surface area contributed by atoms with E-state index in [2.05, 4.69) is 10.4 Å². The second kappa shape index (κ2) is 9.26. The van der Waals surface area contributed by atoms with Crippen LogP contribution in [0, 0.1) is 6.92 Å². The second-order valence-electron chi connectivity index (χ2n) is 8.03. The Labute approximate surface area is 202 Å². The minimum atomic E-state index is -0.377. The van der Waals surface area contributed by atoms with E-state index in [1.165, 1.54) is 4.68 Å². The molecule has 0 aliphatic rings. The van der Waals surface area contributed by atoms with E-state index in [1.807, 2.05) is 86.6 Å². The molecule has 0 spiro atoms. The Morgan fingerprint density at radius 2 is 1.80 bits per heavy atom. The molecule has 8 nitrogen and oxygen atoms in total. The van der Waals surface area contributed by atoms with Crippen LogP contribution in [0.4, 0.5) is 11.5 Å². The molecule has 3 N–H and O–H groups in total. The molecule has 0 fully saturated rings. The van der Waals surface area contributed by atoms with E-state index in [9.17, 15) is 4.79 Å². The van der Waals surface area contributed by atoms with Gasteiger partial charge in [-0.15, -0.1) is 0 Å². The zero-order valence-electron chi connectivity index (χ0n) is 19.4. The maximum Gasteiger partial charge on any atom is 0.261 e. The van der Waals surface area contributed by atoms with E-state index in [4.69, 9.17) is 20.4 Å². The number of nitrogens with two attached hydrogens (primary N) is 1. The Kier molecular flexibility index (Phi) is 5.85. The summed E-state index contributed by atoms with van der Waals surface area (Å²) >= 11 is 0. The van der Waals surface area contributed by atoms with Gasteiger partial charge >= 0.3 is 0 Å². The number of ether oxygens (including phenoxy) is 1. The lowest BCUT2D eigenvalue weighted by molar-refractivity contribution is 0.102. The summed E-state index contributed by atoms with van der Waals surface area (Å²) < 4.78 is 6.95. The molecule has 2 aromatic heterocycles. The summed E-state index contributed by atoms with van der Waals surface area (Å²) in [5.41, 5.74) is 11.4. The number of aromatic nitrogens is 3. The number of nitrogen functional groups attached to an aromatic ring is 1. The molecule has 0 aliphatic heterocycles. The Hall–Kier alpha value is -4.72. The molecule has 5 aromatic rings. The van der Waals surface area contributed by atoms with Crippen LogP contribution in [0.1, 0.15) is 28.4 Å². The van der Waals surface area contributed by atoms with Crippen LogP contribution in [0.3, 0.4) is 0 Å². The molecule has 0 aliphatic carbocycles. The largest absolute Gasteiger partial charge is 0.494 e. The predicted octanol–water partition coefficient (Wildman–Crippen LogP) is 5.01. The maximum atomic E-state index is 13.3. The van der Waals surface area contributed by atoms with Crippen LogP contribution in [-0.2, 0) is 0 Å². The monoisotopic (exact) mass is 464 g/mol. The van der Waals surface area contributed by atoms with E-state index in [1.54, 1.807) is 6.21 Å². The summed E-state index contributed by atoms with van der Waals surface area (Å²) in [4.78, 5) is 22.8. The lowest BCUT2D eigenvalue weighted by Gasteiger charge is -2.06. The number of amides is 1. The number of nitrogens with zero attached hydrogens (tertiary/aromatic N) is 4. The third kappa shape index (κ3) is 4.41. The van der Waals surface area contributed by atoms with Crippen LogP contribution in [0.25, 0.3) is 22.2 Å². The average molecular weight is 465 g/mol. The molecule has 0 unspecified atom stereocenters. The van der Waals surface area contributed by atoms with Gasteiger partial charge in [0, 0.05) is 5.69 Å². The molecule has 2 heterocycles. The summed E-state index contributed by atoms with van der Waals surface area (Å²) in [6, 6.07) is 22.5. The van der Waals surface area contributed by atoms with Crippen molar-refractivity contribution >= 4 is 45.8 Å². The topological polar surface area (TPSA) is 107 Å². The first-order valence-electron chi connectivity index (χ1n) is 11.3. The molecule has 1 amide bonds. The summed E-state index contributed by atoms with van der Waals surface area (Å²) in [6.07, 6.45) is 1.66. The van der Waals surface area contributed by atoms with Gasteiger partial charge in [0.05, 0.1) is 23.9 Å². The summed E-state index contributed by atoms with van der Waals surface area (Å²) in [5, 5.41) is 7.47. The van der Waals surface area contributed by atoms with Gasteiger partial charge in [0.15, 0.2) is 5.65 Å². The van der Waals surface area contributed by atoms with Crippen LogP contribution in [0.15, 0.2) is 77.9 Å². The number of hydrogen-bond donors (Lipinski definition) is 2. The maximum absolute atomic E-state index is 13.3. The van der Waals surface area contributed by atoms with Gasteiger partial charge < -0.3 is 15.8 Å². The smallest absolute Gasteiger partial charge is 0.261 e. The van der Waals surface area contributed by atoms with Crippen molar-refractivity contribution in [3.05, 3.63) is 89.5 Å². The number of rotatable bonds is 6. The molecule has 174 valence electrons. The zero-order valence-corrected chi connectivity index (χ0v) is 19.4. The van der Waals surface area contributed by atoms with Crippen molar-refractivity contribution in [1.29, 1.82) is 0 Å². The first-order chi connectivity index (χ1) is 17.0. The molecule has 35 heavy (non-hydrogen) atoms. The highest BCUT2D eigenvalue weighted by Gasteiger charge is 2.24. The van der Waals surface area contributed by atoms with E-state index >= 15 is 0 Å². The Bertz CT molecular complexity index is 1570. The van der Waals surface area contributed by atoms with Gasteiger partial charge in [0.2, 0.25) is 0 Å².